The van der Waals surface area contributed by atoms with Gasteiger partial charge >= 0.3 is 0 Å². The predicted molar refractivity (Wildman–Crippen MR) is 80.2 cm³/mol. The van der Waals surface area contributed by atoms with Crippen molar-refractivity contribution in [1.82, 2.24) is 10.3 Å². The summed E-state index contributed by atoms with van der Waals surface area (Å²) in [5, 5.41) is 13.7. The van der Waals surface area contributed by atoms with Crippen LogP contribution >= 0.6 is 22.9 Å². The van der Waals surface area contributed by atoms with Crippen molar-refractivity contribution >= 4 is 28.8 Å². The first-order valence-corrected chi connectivity index (χ1v) is 7.33. The van der Waals surface area contributed by atoms with Crippen molar-refractivity contribution in [2.45, 2.75) is 19.4 Å². The third kappa shape index (κ3) is 3.17. The molecule has 106 valence electrons. The van der Waals surface area contributed by atoms with Gasteiger partial charge in [-0.2, -0.15) is 0 Å². The number of thiazole rings is 1. The Morgan fingerprint density at radius 2 is 2.20 bits per heavy atom. The first-order valence-electron chi connectivity index (χ1n) is 6.07. The summed E-state index contributed by atoms with van der Waals surface area (Å²) in [5.74, 6) is -0.239. The summed E-state index contributed by atoms with van der Waals surface area (Å²) in [5.41, 5.74) is 1.66. The molecule has 0 bridgehead atoms. The van der Waals surface area contributed by atoms with Crippen LogP contribution in [0.5, 0.6) is 0 Å². The van der Waals surface area contributed by atoms with Gasteiger partial charge in [0.1, 0.15) is 10.5 Å². The van der Waals surface area contributed by atoms with Crippen LogP contribution in [0.25, 0.3) is 0 Å². The number of hydrogen-bond acceptors (Lipinski definition) is 4. The van der Waals surface area contributed by atoms with Crippen molar-refractivity contribution in [3.8, 4) is 0 Å². The van der Waals surface area contributed by atoms with Gasteiger partial charge in [0, 0.05) is 10.6 Å². The number of aryl methyl sites for hydroxylation is 1. The van der Waals surface area contributed by atoms with E-state index in [0.29, 0.717) is 21.2 Å². The summed E-state index contributed by atoms with van der Waals surface area (Å²) >= 11 is 7.34. The number of hydrogen-bond donors (Lipinski definition) is 2. The van der Waals surface area contributed by atoms with Gasteiger partial charge in [-0.05, 0) is 19.9 Å². The van der Waals surface area contributed by atoms with Crippen LogP contribution < -0.4 is 5.32 Å². The molecule has 20 heavy (non-hydrogen) atoms. The van der Waals surface area contributed by atoms with E-state index in [4.69, 9.17) is 11.6 Å². The molecule has 1 aromatic carbocycles. The number of carbonyl (C=O) groups is 1. The number of rotatable bonds is 4. The number of carbonyl (C=O) groups excluding carboxylic acids is 1. The molecule has 1 atom stereocenters. The van der Waals surface area contributed by atoms with Crippen LogP contribution in [-0.2, 0) is 5.60 Å². The second kappa shape index (κ2) is 5.91. The Morgan fingerprint density at radius 1 is 1.50 bits per heavy atom. The number of amides is 1. The van der Waals surface area contributed by atoms with Crippen LogP contribution in [0.4, 0.5) is 0 Å². The Kier molecular flexibility index (Phi) is 4.42. The van der Waals surface area contributed by atoms with Gasteiger partial charge in [0.05, 0.1) is 17.7 Å². The lowest BCUT2D eigenvalue weighted by atomic mass is 9.96. The lowest BCUT2D eigenvalue weighted by Gasteiger charge is -2.25. The summed E-state index contributed by atoms with van der Waals surface area (Å²) in [6, 6.07) is 7.04. The Hall–Kier alpha value is -1.43. The number of aliphatic hydroxyl groups is 1. The molecular weight excluding hydrogens is 296 g/mol. The summed E-state index contributed by atoms with van der Waals surface area (Å²) < 4.78 is 0. The van der Waals surface area contributed by atoms with Crippen molar-refractivity contribution in [2.75, 3.05) is 6.54 Å². The average Bonchev–Trinajstić information content (AvgIpc) is 2.83. The first kappa shape index (κ1) is 15.0. The van der Waals surface area contributed by atoms with E-state index in [9.17, 15) is 9.90 Å². The zero-order chi connectivity index (χ0) is 14.8. The van der Waals surface area contributed by atoms with E-state index in [-0.39, 0.29) is 12.5 Å². The van der Waals surface area contributed by atoms with Crippen LogP contribution in [0.15, 0.2) is 29.8 Å². The number of nitrogens with zero attached hydrogens (tertiary/aromatic N) is 1. The van der Waals surface area contributed by atoms with Gasteiger partial charge < -0.3 is 10.4 Å². The highest BCUT2D eigenvalue weighted by atomic mass is 35.5. The molecule has 0 radical (unpaired) electrons. The van der Waals surface area contributed by atoms with Gasteiger partial charge in [-0.25, -0.2) is 4.98 Å². The maximum absolute atomic E-state index is 12.0. The van der Waals surface area contributed by atoms with Crippen LogP contribution in [0, 0.1) is 6.92 Å². The summed E-state index contributed by atoms with van der Waals surface area (Å²) in [4.78, 5) is 16.6. The van der Waals surface area contributed by atoms with Gasteiger partial charge in [0.2, 0.25) is 0 Å². The molecule has 1 amide bonds. The fourth-order valence-electron chi connectivity index (χ4n) is 1.85. The Balaban J connectivity index is 2.08. The van der Waals surface area contributed by atoms with E-state index in [0.717, 1.165) is 0 Å². The number of aromatic nitrogens is 1. The van der Waals surface area contributed by atoms with Crippen LogP contribution in [0.3, 0.4) is 0 Å². The molecule has 0 saturated heterocycles. The minimum Gasteiger partial charge on any atom is -0.384 e. The molecule has 0 aliphatic heterocycles. The fraction of sp³-hybridized carbons (Fsp3) is 0.286. The molecule has 1 aromatic heterocycles. The highest BCUT2D eigenvalue weighted by Crippen LogP contribution is 2.27. The average molecular weight is 311 g/mol. The SMILES string of the molecule is Cc1ncsc1C(=O)NC[C@](C)(O)c1ccccc1Cl. The van der Waals surface area contributed by atoms with E-state index >= 15 is 0 Å². The molecule has 0 saturated carbocycles. The summed E-state index contributed by atoms with van der Waals surface area (Å²) in [7, 11) is 0. The fourth-order valence-corrected chi connectivity index (χ4v) is 2.90. The highest BCUT2D eigenvalue weighted by Gasteiger charge is 2.26. The topological polar surface area (TPSA) is 62.2 Å². The molecule has 1 heterocycles. The monoisotopic (exact) mass is 310 g/mol. The van der Waals surface area contributed by atoms with Crippen LogP contribution in [-0.4, -0.2) is 22.5 Å². The number of halogens is 1. The zero-order valence-electron chi connectivity index (χ0n) is 11.2. The molecule has 2 rings (SSSR count). The highest BCUT2D eigenvalue weighted by molar-refractivity contribution is 7.11. The van der Waals surface area contributed by atoms with Crippen molar-refractivity contribution in [3.05, 3.63) is 50.9 Å². The van der Waals surface area contributed by atoms with E-state index in [1.807, 2.05) is 0 Å². The summed E-state index contributed by atoms with van der Waals surface area (Å²) in [6.45, 7) is 3.47. The van der Waals surface area contributed by atoms with Crippen molar-refractivity contribution in [1.29, 1.82) is 0 Å². The second-order valence-electron chi connectivity index (χ2n) is 4.70. The standard InChI is InChI=1S/C14H15ClN2O2S/c1-9-12(20-8-17-9)13(18)16-7-14(2,19)10-5-3-4-6-11(10)15/h3-6,8,19H,7H2,1-2H3,(H,16,18)/t14-/m0/s1. The molecule has 0 spiro atoms. The van der Waals surface area contributed by atoms with Crippen molar-refractivity contribution < 1.29 is 9.90 Å². The quantitative estimate of drug-likeness (QED) is 0.912. The lowest BCUT2D eigenvalue weighted by molar-refractivity contribution is 0.0528. The Bertz CT molecular complexity index is 625. The van der Waals surface area contributed by atoms with E-state index in [1.165, 1.54) is 11.3 Å². The predicted octanol–water partition coefficient (Wildman–Crippen LogP) is 2.74. The third-order valence-electron chi connectivity index (χ3n) is 3.00. The van der Waals surface area contributed by atoms with Crippen LogP contribution in [0.2, 0.25) is 5.02 Å². The lowest BCUT2D eigenvalue weighted by Crippen LogP contribution is -2.38. The molecule has 6 heteroatoms. The minimum absolute atomic E-state index is 0.0763. The molecule has 0 fully saturated rings. The molecule has 2 N–H and O–H groups in total. The molecule has 0 unspecified atom stereocenters. The molecule has 2 aromatic rings. The van der Waals surface area contributed by atoms with Gasteiger partial charge in [-0.1, -0.05) is 29.8 Å². The molecule has 0 aliphatic carbocycles. The first-order chi connectivity index (χ1) is 9.42. The Labute approximate surface area is 126 Å². The van der Waals surface area contributed by atoms with Gasteiger partial charge in [-0.3, -0.25) is 4.79 Å². The Morgan fingerprint density at radius 3 is 2.80 bits per heavy atom. The maximum Gasteiger partial charge on any atom is 0.263 e. The van der Waals surface area contributed by atoms with E-state index in [1.54, 1.807) is 43.6 Å². The maximum atomic E-state index is 12.0. The van der Waals surface area contributed by atoms with Gasteiger partial charge in [-0.15, -0.1) is 11.3 Å². The normalized spacial score (nSPS) is 13.8. The van der Waals surface area contributed by atoms with Crippen LogP contribution in [0.1, 0.15) is 27.9 Å². The summed E-state index contributed by atoms with van der Waals surface area (Å²) in [6.07, 6.45) is 0. The van der Waals surface area contributed by atoms with Crippen molar-refractivity contribution in [3.63, 3.8) is 0 Å². The van der Waals surface area contributed by atoms with Gasteiger partial charge in [0.25, 0.3) is 5.91 Å². The molecular formula is C14H15ClN2O2S. The largest absolute Gasteiger partial charge is 0.384 e. The van der Waals surface area contributed by atoms with E-state index in [2.05, 4.69) is 10.3 Å². The third-order valence-corrected chi connectivity index (χ3v) is 4.26. The second-order valence-corrected chi connectivity index (χ2v) is 5.97. The zero-order valence-corrected chi connectivity index (χ0v) is 12.8. The molecule has 4 nitrogen and oxygen atoms in total. The smallest absolute Gasteiger partial charge is 0.263 e. The minimum atomic E-state index is -1.23. The molecule has 0 aliphatic rings. The van der Waals surface area contributed by atoms with Crippen molar-refractivity contribution in [2.24, 2.45) is 0 Å². The van der Waals surface area contributed by atoms with E-state index < -0.39 is 5.60 Å². The van der Waals surface area contributed by atoms with Gasteiger partial charge in [0.15, 0.2) is 0 Å². The number of nitrogens with one attached hydrogen (secondary N) is 1. The number of benzene rings is 1.